The van der Waals surface area contributed by atoms with Crippen LogP contribution < -0.4 is 0 Å². The Morgan fingerprint density at radius 3 is 1.60 bits per heavy atom. The Kier molecular flexibility index (Phi) is 19.2. The molecule has 0 heterocycles. The van der Waals surface area contributed by atoms with Crippen LogP contribution in [0.2, 0.25) is 0 Å². The van der Waals surface area contributed by atoms with Crippen LogP contribution in [0.3, 0.4) is 0 Å². The molecule has 0 amide bonds. The summed E-state index contributed by atoms with van der Waals surface area (Å²) in [5.74, 6) is -0.700. The van der Waals surface area contributed by atoms with E-state index in [-0.39, 0.29) is 23.9 Å². The molecule has 2 unspecified atom stereocenters. The zero-order chi connectivity index (χ0) is 25.7. The molecule has 1 aliphatic rings. The number of aliphatic carboxylic acids is 1. The zero-order valence-corrected chi connectivity index (χ0v) is 23.5. The van der Waals surface area contributed by atoms with Gasteiger partial charge in [0.15, 0.2) is 0 Å². The van der Waals surface area contributed by atoms with Crippen molar-refractivity contribution in [1.29, 1.82) is 0 Å². The number of carbonyl (C=O) groups is 2. The molecule has 0 spiro atoms. The van der Waals surface area contributed by atoms with Crippen LogP contribution in [-0.4, -0.2) is 23.1 Å². The van der Waals surface area contributed by atoms with Gasteiger partial charge in [-0.15, -0.1) is 0 Å². The molecule has 4 nitrogen and oxygen atoms in total. The van der Waals surface area contributed by atoms with E-state index >= 15 is 0 Å². The Bertz CT molecular complexity index is 524. The number of rotatable bonds is 22. The third-order valence-electron chi connectivity index (χ3n) is 8.13. The first kappa shape index (κ1) is 32.0. The minimum atomic E-state index is -0.717. The molecule has 0 aromatic carbocycles. The molecule has 1 aliphatic carbocycles. The first-order valence-electron chi connectivity index (χ1n) is 15.5. The van der Waals surface area contributed by atoms with Crippen LogP contribution in [0.15, 0.2) is 0 Å². The fourth-order valence-corrected chi connectivity index (χ4v) is 5.77. The second-order valence-corrected chi connectivity index (χ2v) is 11.2. The second-order valence-electron chi connectivity index (χ2n) is 11.2. The largest absolute Gasteiger partial charge is 0.481 e. The molecule has 1 fully saturated rings. The molecule has 35 heavy (non-hydrogen) atoms. The molecule has 0 saturated heterocycles. The molecular formula is C31H58O4. The van der Waals surface area contributed by atoms with Crippen molar-refractivity contribution in [3.8, 4) is 0 Å². The summed E-state index contributed by atoms with van der Waals surface area (Å²) in [6, 6.07) is 0. The Morgan fingerprint density at radius 2 is 1.09 bits per heavy atom. The van der Waals surface area contributed by atoms with Crippen molar-refractivity contribution < 1.29 is 19.4 Å². The van der Waals surface area contributed by atoms with E-state index in [9.17, 15) is 14.7 Å². The molecule has 0 aromatic rings. The number of ether oxygens (including phenoxy) is 1. The van der Waals surface area contributed by atoms with E-state index in [1.165, 1.54) is 83.5 Å². The van der Waals surface area contributed by atoms with Crippen molar-refractivity contribution in [2.75, 3.05) is 0 Å². The van der Waals surface area contributed by atoms with E-state index in [1.807, 2.05) is 0 Å². The van der Waals surface area contributed by atoms with E-state index in [0.717, 1.165) is 32.1 Å². The van der Waals surface area contributed by atoms with E-state index in [0.29, 0.717) is 31.6 Å². The lowest BCUT2D eigenvalue weighted by molar-refractivity contribution is -0.160. The number of carbonyl (C=O) groups excluding carboxylic acids is 1. The lowest BCUT2D eigenvalue weighted by atomic mass is 9.82. The predicted octanol–water partition coefficient (Wildman–Crippen LogP) is 9.49. The SMILES string of the molecule is CCCCCCCCCCCCCC(OC(=O)C1CCC(C(=O)O)CC1)C(CCC)CCCCC. The number of esters is 1. The Labute approximate surface area is 217 Å². The third kappa shape index (κ3) is 14.9. The quantitative estimate of drug-likeness (QED) is 0.120. The van der Waals surface area contributed by atoms with Crippen LogP contribution in [0.5, 0.6) is 0 Å². The van der Waals surface area contributed by atoms with Crippen molar-refractivity contribution in [2.24, 2.45) is 17.8 Å². The maximum absolute atomic E-state index is 13.1. The van der Waals surface area contributed by atoms with E-state index in [2.05, 4.69) is 20.8 Å². The third-order valence-corrected chi connectivity index (χ3v) is 8.13. The minimum Gasteiger partial charge on any atom is -0.481 e. The summed E-state index contributed by atoms with van der Waals surface area (Å²) in [7, 11) is 0. The van der Waals surface area contributed by atoms with Gasteiger partial charge in [0.25, 0.3) is 0 Å². The second kappa shape index (κ2) is 21.1. The highest BCUT2D eigenvalue weighted by Crippen LogP contribution is 2.32. The van der Waals surface area contributed by atoms with Gasteiger partial charge in [-0.1, -0.05) is 111 Å². The first-order valence-corrected chi connectivity index (χ1v) is 15.5. The molecule has 0 bridgehead atoms. The van der Waals surface area contributed by atoms with Crippen LogP contribution in [0.25, 0.3) is 0 Å². The molecule has 1 N–H and O–H groups in total. The average molecular weight is 495 g/mol. The Morgan fingerprint density at radius 1 is 0.629 bits per heavy atom. The van der Waals surface area contributed by atoms with Crippen LogP contribution in [0.1, 0.15) is 162 Å². The van der Waals surface area contributed by atoms with Gasteiger partial charge in [-0.2, -0.15) is 0 Å². The van der Waals surface area contributed by atoms with E-state index in [4.69, 9.17) is 4.74 Å². The van der Waals surface area contributed by atoms with Gasteiger partial charge >= 0.3 is 11.9 Å². The summed E-state index contributed by atoms with van der Waals surface area (Å²) >= 11 is 0. The van der Waals surface area contributed by atoms with Crippen molar-refractivity contribution in [3.05, 3.63) is 0 Å². The first-order chi connectivity index (χ1) is 17.0. The molecular weight excluding hydrogens is 436 g/mol. The summed E-state index contributed by atoms with van der Waals surface area (Å²) < 4.78 is 6.24. The van der Waals surface area contributed by atoms with Crippen molar-refractivity contribution in [3.63, 3.8) is 0 Å². The van der Waals surface area contributed by atoms with E-state index in [1.54, 1.807) is 0 Å². The fourth-order valence-electron chi connectivity index (χ4n) is 5.77. The predicted molar refractivity (Wildman–Crippen MR) is 147 cm³/mol. The van der Waals surface area contributed by atoms with Crippen molar-refractivity contribution in [1.82, 2.24) is 0 Å². The van der Waals surface area contributed by atoms with Crippen LogP contribution in [0.4, 0.5) is 0 Å². The highest BCUT2D eigenvalue weighted by atomic mass is 16.5. The van der Waals surface area contributed by atoms with Crippen molar-refractivity contribution in [2.45, 2.75) is 168 Å². The van der Waals surface area contributed by atoms with Gasteiger partial charge in [-0.05, 0) is 57.3 Å². The summed E-state index contributed by atoms with van der Waals surface area (Å²) in [6.07, 6.45) is 25.3. The van der Waals surface area contributed by atoms with Gasteiger partial charge in [0.1, 0.15) is 6.10 Å². The molecule has 206 valence electrons. The van der Waals surface area contributed by atoms with Crippen molar-refractivity contribution >= 4 is 11.9 Å². The van der Waals surface area contributed by atoms with E-state index < -0.39 is 5.97 Å². The van der Waals surface area contributed by atoms with Crippen LogP contribution in [0, 0.1) is 17.8 Å². The molecule has 1 saturated carbocycles. The maximum atomic E-state index is 13.1. The lowest BCUT2D eigenvalue weighted by Gasteiger charge is -2.31. The standard InChI is InChI=1S/C31H58O4/c1-4-7-9-10-11-12-13-14-15-16-18-21-29(26(19-6-3)20-17-8-5-2)35-31(34)28-24-22-27(23-25-28)30(32)33/h26-29H,4-25H2,1-3H3,(H,32,33). The van der Waals surface area contributed by atoms with Gasteiger partial charge in [0.2, 0.25) is 0 Å². The lowest BCUT2D eigenvalue weighted by Crippen LogP contribution is -2.33. The van der Waals surface area contributed by atoms with Gasteiger partial charge in [0.05, 0.1) is 11.8 Å². The molecule has 0 radical (unpaired) electrons. The van der Waals surface area contributed by atoms with Gasteiger partial charge in [0, 0.05) is 0 Å². The monoisotopic (exact) mass is 494 g/mol. The Balaban J connectivity index is 2.47. The average Bonchev–Trinajstić information content (AvgIpc) is 2.86. The topological polar surface area (TPSA) is 63.6 Å². The summed E-state index contributed by atoms with van der Waals surface area (Å²) in [4.78, 5) is 24.3. The van der Waals surface area contributed by atoms with Crippen LogP contribution >= 0.6 is 0 Å². The number of carboxylic acids is 1. The summed E-state index contributed by atoms with van der Waals surface area (Å²) in [5, 5.41) is 9.26. The molecule has 2 atom stereocenters. The molecule has 1 rings (SSSR count). The number of carboxylic acid groups (broad SMARTS) is 1. The number of unbranched alkanes of at least 4 members (excludes halogenated alkanes) is 12. The highest BCUT2D eigenvalue weighted by Gasteiger charge is 2.33. The maximum Gasteiger partial charge on any atom is 0.309 e. The number of hydrogen-bond acceptors (Lipinski definition) is 3. The molecule has 4 heteroatoms. The smallest absolute Gasteiger partial charge is 0.309 e. The molecule has 0 aromatic heterocycles. The Hall–Kier alpha value is -1.06. The number of hydrogen-bond donors (Lipinski definition) is 1. The molecule has 0 aliphatic heterocycles. The van der Waals surface area contributed by atoms with Gasteiger partial charge in [-0.25, -0.2) is 0 Å². The van der Waals surface area contributed by atoms with Crippen LogP contribution in [-0.2, 0) is 14.3 Å². The fraction of sp³-hybridized carbons (Fsp3) is 0.935. The van der Waals surface area contributed by atoms with Gasteiger partial charge in [-0.3, -0.25) is 9.59 Å². The normalized spacial score (nSPS) is 19.9. The zero-order valence-electron chi connectivity index (χ0n) is 23.5. The summed E-state index contributed by atoms with van der Waals surface area (Å²) in [6.45, 7) is 6.75. The van der Waals surface area contributed by atoms with Gasteiger partial charge < -0.3 is 9.84 Å². The summed E-state index contributed by atoms with van der Waals surface area (Å²) in [5.41, 5.74) is 0. The minimum absolute atomic E-state index is 0.0371. The highest BCUT2D eigenvalue weighted by molar-refractivity contribution is 5.74.